The summed E-state index contributed by atoms with van der Waals surface area (Å²) in [5, 5.41) is 3.23. The Morgan fingerprint density at radius 2 is 1.85 bits per heavy atom. The van der Waals surface area contributed by atoms with E-state index in [9.17, 15) is 22.4 Å². The zero-order chi connectivity index (χ0) is 14.9. The summed E-state index contributed by atoms with van der Waals surface area (Å²) in [6.45, 7) is 0. The molecule has 1 aromatic carbocycles. The number of aromatic nitrogens is 2. The molecule has 0 bridgehead atoms. The Balaban J connectivity index is 2.44. The van der Waals surface area contributed by atoms with Crippen molar-refractivity contribution >= 4 is 6.29 Å². The van der Waals surface area contributed by atoms with E-state index in [1.54, 1.807) is 0 Å². The molecule has 0 saturated heterocycles. The van der Waals surface area contributed by atoms with Crippen molar-refractivity contribution in [1.82, 2.24) is 9.78 Å². The molecule has 1 heterocycles. The molecule has 8 heteroatoms. The Hall–Kier alpha value is -2.38. The molecule has 20 heavy (non-hydrogen) atoms. The maximum Gasteiger partial charge on any atom is 0.436 e. The minimum atomic E-state index is -4.77. The first kappa shape index (κ1) is 14.0. The van der Waals surface area contributed by atoms with Crippen LogP contribution >= 0.6 is 0 Å². The quantitative estimate of drug-likeness (QED) is 0.643. The van der Waals surface area contributed by atoms with Crippen LogP contribution in [0.2, 0.25) is 0 Å². The molecular weight excluding hydrogens is 280 g/mol. The molecule has 0 spiro atoms. The lowest BCUT2D eigenvalue weighted by Crippen LogP contribution is -2.09. The third-order valence-corrected chi connectivity index (χ3v) is 2.44. The van der Waals surface area contributed by atoms with Gasteiger partial charge in [-0.2, -0.15) is 18.3 Å². The van der Waals surface area contributed by atoms with Crippen molar-refractivity contribution < 1.29 is 27.1 Å². The minimum Gasteiger partial charge on any atom is -0.439 e. The summed E-state index contributed by atoms with van der Waals surface area (Å²) in [7, 11) is 1.21. The summed E-state index contributed by atoms with van der Waals surface area (Å²) in [4.78, 5) is 10.9. The van der Waals surface area contributed by atoms with Gasteiger partial charge in [-0.15, -0.1) is 0 Å². The fourth-order valence-electron chi connectivity index (χ4n) is 1.58. The van der Waals surface area contributed by atoms with E-state index >= 15 is 0 Å². The predicted octanol–water partition coefficient (Wildman–Crippen LogP) is 3.18. The Kier molecular flexibility index (Phi) is 3.47. The van der Waals surface area contributed by atoms with E-state index in [1.807, 2.05) is 0 Å². The molecule has 0 atom stereocenters. The number of alkyl halides is 3. The first-order valence-electron chi connectivity index (χ1n) is 5.35. The second kappa shape index (κ2) is 4.95. The summed E-state index contributed by atoms with van der Waals surface area (Å²) in [6.07, 6.45) is -4.74. The fraction of sp³-hybridized carbons (Fsp3) is 0.167. The lowest BCUT2D eigenvalue weighted by atomic mass is 10.2. The largest absolute Gasteiger partial charge is 0.439 e. The number of rotatable bonds is 3. The van der Waals surface area contributed by atoms with Gasteiger partial charge in [0.05, 0.1) is 0 Å². The van der Waals surface area contributed by atoms with Gasteiger partial charge in [-0.05, 0) is 24.3 Å². The molecule has 0 aliphatic rings. The molecule has 0 aliphatic carbocycles. The standard InChI is InChI=1S/C12H8F4N2O2/c1-18-11(20-8-4-2-7(13)3-5-8)9(6-19)10(17-18)12(14,15)16/h2-6H,1H3. The number of aldehydes is 1. The van der Waals surface area contributed by atoms with Gasteiger partial charge >= 0.3 is 6.18 Å². The first-order chi connectivity index (χ1) is 9.32. The molecule has 1 aromatic heterocycles. The topological polar surface area (TPSA) is 44.1 Å². The van der Waals surface area contributed by atoms with Gasteiger partial charge in [0.25, 0.3) is 0 Å². The van der Waals surface area contributed by atoms with Crippen LogP contribution < -0.4 is 4.74 Å². The summed E-state index contributed by atoms with van der Waals surface area (Å²) in [6, 6.07) is 4.61. The van der Waals surface area contributed by atoms with E-state index in [0.717, 1.165) is 16.8 Å². The zero-order valence-electron chi connectivity index (χ0n) is 10.1. The van der Waals surface area contributed by atoms with E-state index < -0.39 is 23.3 Å². The molecule has 0 amide bonds. The normalized spacial score (nSPS) is 11.4. The van der Waals surface area contributed by atoms with E-state index in [-0.39, 0.29) is 17.9 Å². The second-order valence-electron chi connectivity index (χ2n) is 3.86. The summed E-state index contributed by atoms with van der Waals surface area (Å²) in [5.74, 6) is -0.792. The highest BCUT2D eigenvalue weighted by Gasteiger charge is 2.39. The van der Waals surface area contributed by atoms with Crippen molar-refractivity contribution in [2.24, 2.45) is 7.05 Å². The number of aryl methyl sites for hydroxylation is 1. The molecule has 0 aliphatic heterocycles. The fourth-order valence-corrected chi connectivity index (χ4v) is 1.58. The van der Waals surface area contributed by atoms with Gasteiger partial charge in [0.2, 0.25) is 5.88 Å². The SMILES string of the molecule is Cn1nc(C(F)(F)F)c(C=O)c1Oc1ccc(F)cc1. The highest BCUT2D eigenvalue weighted by Crippen LogP contribution is 2.35. The Morgan fingerprint density at radius 3 is 2.35 bits per heavy atom. The van der Waals surface area contributed by atoms with Gasteiger partial charge in [0.15, 0.2) is 12.0 Å². The van der Waals surface area contributed by atoms with Crippen molar-refractivity contribution in [3.8, 4) is 11.6 Å². The molecule has 4 nitrogen and oxygen atoms in total. The van der Waals surface area contributed by atoms with Crippen molar-refractivity contribution in [1.29, 1.82) is 0 Å². The van der Waals surface area contributed by atoms with Crippen LogP contribution in [0.15, 0.2) is 24.3 Å². The molecule has 0 fully saturated rings. The molecule has 2 aromatic rings. The summed E-state index contributed by atoms with van der Waals surface area (Å²) >= 11 is 0. The number of hydrogen-bond acceptors (Lipinski definition) is 3. The Bertz CT molecular complexity index is 632. The second-order valence-corrected chi connectivity index (χ2v) is 3.86. The van der Waals surface area contributed by atoms with Crippen molar-refractivity contribution in [2.45, 2.75) is 6.18 Å². The average molecular weight is 288 g/mol. The van der Waals surface area contributed by atoms with E-state index in [2.05, 4.69) is 5.10 Å². The van der Waals surface area contributed by atoms with E-state index in [1.165, 1.54) is 19.2 Å². The third kappa shape index (κ3) is 2.63. The molecule has 0 saturated carbocycles. The highest BCUT2D eigenvalue weighted by atomic mass is 19.4. The number of ether oxygens (including phenoxy) is 1. The molecule has 0 radical (unpaired) electrons. The van der Waals surface area contributed by atoms with Crippen molar-refractivity contribution in [2.75, 3.05) is 0 Å². The van der Waals surface area contributed by atoms with Gasteiger partial charge in [0, 0.05) is 7.05 Å². The molecular formula is C12H8F4N2O2. The van der Waals surface area contributed by atoms with Crippen molar-refractivity contribution in [3.05, 3.63) is 41.3 Å². The average Bonchev–Trinajstić information content (AvgIpc) is 2.69. The van der Waals surface area contributed by atoms with Crippen LogP contribution in [-0.4, -0.2) is 16.1 Å². The van der Waals surface area contributed by atoms with Crippen LogP contribution in [0.25, 0.3) is 0 Å². The number of hydrogen-bond donors (Lipinski definition) is 0. The first-order valence-corrected chi connectivity index (χ1v) is 5.35. The maximum absolute atomic E-state index is 12.7. The van der Waals surface area contributed by atoms with Crippen LogP contribution in [-0.2, 0) is 13.2 Å². The Labute approximate surface area is 110 Å². The van der Waals surface area contributed by atoms with Gasteiger partial charge in [-0.25, -0.2) is 9.07 Å². The molecule has 2 rings (SSSR count). The third-order valence-electron chi connectivity index (χ3n) is 2.44. The predicted molar refractivity (Wildman–Crippen MR) is 60.1 cm³/mol. The molecule has 106 valence electrons. The summed E-state index contributed by atoms with van der Waals surface area (Å²) < 4.78 is 56.7. The van der Waals surface area contributed by atoms with Gasteiger partial charge in [-0.1, -0.05) is 0 Å². The van der Waals surface area contributed by atoms with Gasteiger partial charge in [0.1, 0.15) is 17.1 Å². The lowest BCUT2D eigenvalue weighted by molar-refractivity contribution is -0.141. The van der Waals surface area contributed by atoms with Crippen LogP contribution in [0.1, 0.15) is 16.1 Å². The zero-order valence-corrected chi connectivity index (χ0v) is 10.1. The van der Waals surface area contributed by atoms with E-state index in [0.29, 0.717) is 0 Å². The van der Waals surface area contributed by atoms with Crippen molar-refractivity contribution in [3.63, 3.8) is 0 Å². The number of carbonyl (C=O) groups is 1. The minimum absolute atomic E-state index is 0.0225. The maximum atomic E-state index is 12.7. The van der Waals surface area contributed by atoms with Gasteiger partial charge in [-0.3, -0.25) is 4.79 Å². The van der Waals surface area contributed by atoms with E-state index in [4.69, 9.17) is 4.74 Å². The van der Waals surface area contributed by atoms with Gasteiger partial charge < -0.3 is 4.74 Å². The van der Waals surface area contributed by atoms with Crippen LogP contribution in [0.5, 0.6) is 11.6 Å². The molecule has 0 N–H and O–H groups in total. The monoisotopic (exact) mass is 288 g/mol. The smallest absolute Gasteiger partial charge is 0.436 e. The van der Waals surface area contributed by atoms with Crippen LogP contribution in [0, 0.1) is 5.82 Å². The number of benzene rings is 1. The highest BCUT2D eigenvalue weighted by molar-refractivity contribution is 5.80. The summed E-state index contributed by atoms with van der Waals surface area (Å²) in [5.41, 5.74) is -2.03. The number of carbonyl (C=O) groups excluding carboxylic acids is 1. The Morgan fingerprint density at radius 1 is 1.25 bits per heavy atom. The lowest BCUT2D eigenvalue weighted by Gasteiger charge is -2.06. The van der Waals surface area contributed by atoms with Crippen LogP contribution in [0.3, 0.4) is 0 Å². The number of nitrogens with zero attached hydrogens (tertiary/aromatic N) is 2. The van der Waals surface area contributed by atoms with Crippen LogP contribution in [0.4, 0.5) is 17.6 Å². The number of halogens is 4. The molecule has 0 unspecified atom stereocenters.